The topological polar surface area (TPSA) is 131 Å². The number of allylic oxidation sites excluding steroid dienone is 2. The van der Waals surface area contributed by atoms with Crippen LogP contribution in [0.1, 0.15) is 26.4 Å². The van der Waals surface area contributed by atoms with E-state index in [4.69, 9.17) is 10.3 Å². The second kappa shape index (κ2) is 8.20. The van der Waals surface area contributed by atoms with Crippen molar-refractivity contribution in [1.82, 2.24) is 4.98 Å². The Balaban J connectivity index is 2.05. The van der Waals surface area contributed by atoms with Gasteiger partial charge in [-0.05, 0) is 35.4 Å². The molecular formula is C20H14N4O5. The molecule has 1 aromatic carbocycles. The number of hydrogen-bond acceptors (Lipinski definition) is 7. The Bertz CT molecular complexity index is 1140. The van der Waals surface area contributed by atoms with Crippen LogP contribution in [0.2, 0.25) is 0 Å². The predicted molar refractivity (Wildman–Crippen MR) is 103 cm³/mol. The van der Waals surface area contributed by atoms with Gasteiger partial charge >= 0.3 is 5.97 Å². The van der Waals surface area contributed by atoms with E-state index >= 15 is 0 Å². The second-order valence-electron chi connectivity index (χ2n) is 5.80. The smallest absolute Gasteiger partial charge is 0.330 e. The molecule has 0 N–H and O–H groups in total. The summed E-state index contributed by atoms with van der Waals surface area (Å²) in [7, 11) is 2.50. The zero-order valence-electron chi connectivity index (χ0n) is 15.4. The first kappa shape index (κ1) is 19.5. The number of ketones is 2. The molecule has 9 nitrogen and oxygen atoms in total. The Morgan fingerprint density at radius 1 is 1.17 bits per heavy atom. The molecule has 0 spiro atoms. The summed E-state index contributed by atoms with van der Waals surface area (Å²) in [6, 6.07) is 10.1. The number of esters is 1. The monoisotopic (exact) mass is 390 g/mol. The summed E-state index contributed by atoms with van der Waals surface area (Å²) < 4.78 is 9.52. The number of Topliss-reactive ketones (excluding diaryl/α,β-unsaturated/α-hetero) is 2. The first-order valence-corrected chi connectivity index (χ1v) is 8.30. The van der Waals surface area contributed by atoms with Crippen LogP contribution in [0.25, 0.3) is 27.8 Å². The lowest BCUT2D eigenvalue weighted by molar-refractivity contribution is -0.134. The predicted octanol–water partition coefficient (Wildman–Crippen LogP) is 3.48. The molecule has 9 heteroatoms. The molecule has 1 aliphatic carbocycles. The van der Waals surface area contributed by atoms with E-state index in [0.717, 1.165) is 0 Å². The van der Waals surface area contributed by atoms with Crippen LogP contribution in [0.5, 0.6) is 0 Å². The molecule has 0 unspecified atom stereocenters. The quantitative estimate of drug-likeness (QED) is 0.252. The minimum absolute atomic E-state index is 0.0641. The van der Waals surface area contributed by atoms with Gasteiger partial charge in [-0.1, -0.05) is 23.3 Å². The summed E-state index contributed by atoms with van der Waals surface area (Å²) in [5.41, 5.74) is 10.0. The third kappa shape index (κ3) is 3.76. The molecule has 0 radical (unpaired) electrons. The van der Waals surface area contributed by atoms with Crippen LogP contribution in [0.15, 0.2) is 59.0 Å². The Morgan fingerprint density at radius 2 is 1.97 bits per heavy atom. The van der Waals surface area contributed by atoms with Crippen LogP contribution in [0.3, 0.4) is 0 Å². The molecule has 1 aromatic heterocycles. The van der Waals surface area contributed by atoms with E-state index in [1.54, 1.807) is 36.4 Å². The normalized spacial score (nSPS) is 13.2. The number of ether oxygens (including phenoxy) is 2. The first-order chi connectivity index (χ1) is 14.0. The molecule has 0 saturated heterocycles. The molecule has 29 heavy (non-hydrogen) atoms. The lowest BCUT2D eigenvalue weighted by atomic mass is 9.94. The highest BCUT2D eigenvalue weighted by Crippen LogP contribution is 2.29. The van der Waals surface area contributed by atoms with Gasteiger partial charge in [-0.3, -0.25) is 9.59 Å². The van der Waals surface area contributed by atoms with E-state index in [0.29, 0.717) is 16.8 Å². The van der Waals surface area contributed by atoms with Crippen molar-refractivity contribution in [2.45, 2.75) is 0 Å². The molecular weight excluding hydrogens is 376 g/mol. The SMILES string of the molecule is COC(=O)/C=C/c1cccc(-c2ccc3c(n2)C(=O)C(N=[N+]=[N-])=C(OC)C3=O)c1. The molecule has 1 aliphatic rings. The van der Waals surface area contributed by atoms with Crippen molar-refractivity contribution < 1.29 is 23.9 Å². The number of carbonyl (C=O) groups excluding carboxylic acids is 3. The van der Waals surface area contributed by atoms with E-state index < -0.39 is 23.2 Å². The number of hydrogen-bond donors (Lipinski definition) is 0. The molecule has 1 heterocycles. The number of fused-ring (bicyclic) bond motifs is 1. The fraction of sp³-hybridized carbons (Fsp3) is 0.100. The highest BCUT2D eigenvalue weighted by atomic mass is 16.5. The molecule has 0 saturated carbocycles. The third-order valence-electron chi connectivity index (χ3n) is 4.14. The summed E-state index contributed by atoms with van der Waals surface area (Å²) in [5.74, 6) is -2.08. The number of aromatic nitrogens is 1. The summed E-state index contributed by atoms with van der Waals surface area (Å²) in [6.07, 6.45) is 2.86. The minimum atomic E-state index is -0.696. The Hall–Kier alpha value is -4.23. The van der Waals surface area contributed by atoms with Gasteiger partial charge in [0.05, 0.1) is 25.5 Å². The maximum atomic E-state index is 12.7. The van der Waals surface area contributed by atoms with Crippen molar-refractivity contribution in [1.29, 1.82) is 0 Å². The summed E-state index contributed by atoms with van der Waals surface area (Å²) in [6.45, 7) is 0. The fourth-order valence-corrected chi connectivity index (χ4v) is 2.78. The van der Waals surface area contributed by atoms with Crippen LogP contribution >= 0.6 is 0 Å². The lowest BCUT2D eigenvalue weighted by Crippen LogP contribution is -2.23. The van der Waals surface area contributed by atoms with Gasteiger partial charge in [0, 0.05) is 16.6 Å². The second-order valence-corrected chi connectivity index (χ2v) is 5.80. The van der Waals surface area contributed by atoms with Gasteiger partial charge < -0.3 is 9.47 Å². The fourth-order valence-electron chi connectivity index (χ4n) is 2.78. The van der Waals surface area contributed by atoms with Crippen molar-refractivity contribution in [3.8, 4) is 11.3 Å². The summed E-state index contributed by atoms with van der Waals surface area (Å²) >= 11 is 0. The minimum Gasteiger partial charge on any atom is -0.492 e. The van der Waals surface area contributed by atoms with Crippen LogP contribution in [-0.2, 0) is 14.3 Å². The van der Waals surface area contributed by atoms with Gasteiger partial charge in [0.2, 0.25) is 11.6 Å². The van der Waals surface area contributed by atoms with E-state index in [2.05, 4.69) is 19.7 Å². The van der Waals surface area contributed by atoms with E-state index in [-0.39, 0.29) is 17.0 Å². The molecule has 0 fully saturated rings. The van der Waals surface area contributed by atoms with Crippen LogP contribution < -0.4 is 0 Å². The van der Waals surface area contributed by atoms with Gasteiger partial charge in [0.1, 0.15) is 11.4 Å². The molecule has 2 aromatic rings. The van der Waals surface area contributed by atoms with Crippen LogP contribution in [0.4, 0.5) is 0 Å². The van der Waals surface area contributed by atoms with Crippen molar-refractivity contribution in [3.05, 3.63) is 81.2 Å². The van der Waals surface area contributed by atoms with Gasteiger partial charge in [-0.15, -0.1) is 0 Å². The maximum absolute atomic E-state index is 12.7. The number of azide groups is 1. The summed E-state index contributed by atoms with van der Waals surface area (Å²) in [5, 5.41) is 3.30. The molecule has 0 bridgehead atoms. The van der Waals surface area contributed by atoms with Crippen molar-refractivity contribution in [2.75, 3.05) is 14.2 Å². The summed E-state index contributed by atoms with van der Waals surface area (Å²) in [4.78, 5) is 43.4. The van der Waals surface area contributed by atoms with Gasteiger partial charge in [-0.25, -0.2) is 9.78 Å². The molecule has 3 rings (SSSR count). The van der Waals surface area contributed by atoms with E-state index in [1.807, 2.05) is 0 Å². The van der Waals surface area contributed by atoms with Crippen LogP contribution in [-0.4, -0.2) is 36.7 Å². The highest BCUT2D eigenvalue weighted by molar-refractivity contribution is 6.25. The number of benzene rings is 1. The van der Waals surface area contributed by atoms with Gasteiger partial charge in [0.25, 0.3) is 0 Å². The van der Waals surface area contributed by atoms with E-state index in [9.17, 15) is 14.4 Å². The molecule has 0 atom stereocenters. The molecule has 0 amide bonds. The first-order valence-electron chi connectivity index (χ1n) is 8.30. The number of pyridine rings is 1. The largest absolute Gasteiger partial charge is 0.492 e. The Kier molecular flexibility index (Phi) is 5.52. The lowest BCUT2D eigenvalue weighted by Gasteiger charge is -2.17. The zero-order chi connectivity index (χ0) is 21.0. The number of rotatable bonds is 5. The number of nitrogens with zero attached hydrogens (tertiary/aromatic N) is 4. The molecule has 144 valence electrons. The van der Waals surface area contributed by atoms with Crippen molar-refractivity contribution in [2.24, 2.45) is 5.11 Å². The van der Waals surface area contributed by atoms with Crippen LogP contribution in [0, 0.1) is 0 Å². The standard InChI is InChI=1S/C20H14N4O5/c1-28-15(25)9-6-11-4-3-5-12(10-11)14-8-7-13-16(22-14)19(27)17(23-24-21)20(29-2)18(13)26/h3-10H,1-2H3/b9-6+. The van der Waals surface area contributed by atoms with Crippen molar-refractivity contribution in [3.63, 3.8) is 0 Å². The Labute approximate surface area is 164 Å². The number of methoxy groups -OCH3 is 2. The number of carbonyl (C=O) groups is 3. The van der Waals surface area contributed by atoms with E-state index in [1.165, 1.54) is 26.4 Å². The highest BCUT2D eigenvalue weighted by Gasteiger charge is 2.34. The zero-order valence-corrected chi connectivity index (χ0v) is 15.4. The Morgan fingerprint density at radius 3 is 2.66 bits per heavy atom. The average Bonchev–Trinajstić information content (AvgIpc) is 2.75. The third-order valence-corrected chi connectivity index (χ3v) is 4.14. The molecule has 0 aliphatic heterocycles. The van der Waals surface area contributed by atoms with Gasteiger partial charge in [-0.2, -0.15) is 0 Å². The average molecular weight is 390 g/mol. The van der Waals surface area contributed by atoms with Crippen molar-refractivity contribution >= 4 is 23.6 Å². The van der Waals surface area contributed by atoms with Gasteiger partial charge in [0.15, 0.2) is 5.76 Å². The maximum Gasteiger partial charge on any atom is 0.330 e.